The lowest BCUT2D eigenvalue weighted by Crippen LogP contribution is -2.32. The minimum Gasteiger partial charge on any atom is -0.131 e. The van der Waals surface area contributed by atoms with Crippen LogP contribution in [0.5, 0.6) is 0 Å². The van der Waals surface area contributed by atoms with Crippen molar-refractivity contribution in [2.75, 3.05) is 0 Å². The van der Waals surface area contributed by atoms with E-state index in [0.29, 0.717) is 5.16 Å². The molecule has 0 amide bonds. The molecule has 0 saturated carbocycles. The summed E-state index contributed by atoms with van der Waals surface area (Å²) in [6.45, 7) is 9.37. The third-order valence-electron chi connectivity index (χ3n) is 7.37. The van der Waals surface area contributed by atoms with E-state index >= 15 is 0 Å². The Morgan fingerprint density at radius 1 is 0.433 bits per heavy atom. The first kappa shape index (κ1) is 30.4. The molecular weight excluding hydrogens is 379 g/mol. The molecule has 0 aliphatic rings. The molecule has 0 fully saturated rings. The van der Waals surface area contributed by atoms with Crippen molar-refractivity contribution in [2.45, 2.75) is 181 Å². The van der Waals surface area contributed by atoms with E-state index in [9.17, 15) is 0 Å². The Morgan fingerprint density at radius 3 is 1.17 bits per heavy atom. The molecule has 0 aromatic carbocycles. The maximum atomic E-state index is 3.44. The van der Waals surface area contributed by atoms with Crippen LogP contribution in [0.2, 0.25) is 0 Å². The molecule has 0 aromatic rings. The lowest BCUT2D eigenvalue weighted by Gasteiger charge is -2.39. The Balaban J connectivity index is 4.44. The average molecular weight is 441 g/mol. The van der Waals surface area contributed by atoms with Gasteiger partial charge < -0.3 is 0 Å². The van der Waals surface area contributed by atoms with Crippen molar-refractivity contribution >= 4 is 9.24 Å². The number of hydrogen-bond donors (Lipinski definition) is 0. The minimum absolute atomic E-state index is 0.525. The van der Waals surface area contributed by atoms with Gasteiger partial charge in [0.1, 0.15) is 0 Å². The second-order valence-corrected chi connectivity index (χ2v) is 11.5. The van der Waals surface area contributed by atoms with Crippen LogP contribution in [0.1, 0.15) is 175 Å². The van der Waals surface area contributed by atoms with Gasteiger partial charge in [-0.05, 0) is 36.8 Å². The summed E-state index contributed by atoms with van der Waals surface area (Å²) in [6.07, 6.45) is 33.1. The Hall–Kier alpha value is 0.430. The van der Waals surface area contributed by atoms with E-state index in [1.807, 2.05) is 0 Å². The van der Waals surface area contributed by atoms with E-state index in [-0.39, 0.29) is 0 Å². The van der Waals surface area contributed by atoms with E-state index in [4.69, 9.17) is 0 Å². The van der Waals surface area contributed by atoms with Crippen molar-refractivity contribution in [1.82, 2.24) is 0 Å². The van der Waals surface area contributed by atoms with Crippen molar-refractivity contribution in [1.29, 1.82) is 0 Å². The average Bonchev–Trinajstić information content (AvgIpc) is 2.74. The van der Waals surface area contributed by atoms with Crippen LogP contribution < -0.4 is 0 Å². The van der Waals surface area contributed by atoms with Gasteiger partial charge in [0.15, 0.2) is 0 Å². The van der Waals surface area contributed by atoms with Crippen LogP contribution >= 0.6 is 9.24 Å². The molecule has 0 aliphatic heterocycles. The minimum atomic E-state index is 0.525. The van der Waals surface area contributed by atoms with Crippen LogP contribution in [0.15, 0.2) is 0 Å². The van der Waals surface area contributed by atoms with Crippen molar-refractivity contribution in [3.8, 4) is 0 Å². The normalized spacial score (nSPS) is 13.1. The highest BCUT2D eigenvalue weighted by Gasteiger charge is 2.32. The number of rotatable bonds is 24. The van der Waals surface area contributed by atoms with Crippen molar-refractivity contribution < 1.29 is 0 Å². The van der Waals surface area contributed by atoms with Gasteiger partial charge in [-0.1, -0.05) is 150 Å². The Bertz CT molecular complexity index is 314. The van der Waals surface area contributed by atoms with E-state index in [1.165, 1.54) is 148 Å². The first-order valence-corrected chi connectivity index (χ1v) is 15.0. The highest BCUT2D eigenvalue weighted by Crippen LogP contribution is 2.43. The van der Waals surface area contributed by atoms with E-state index in [0.717, 1.165) is 5.92 Å². The molecule has 0 nitrogen and oxygen atoms in total. The van der Waals surface area contributed by atoms with Gasteiger partial charge in [-0.2, -0.15) is 0 Å². The van der Waals surface area contributed by atoms with Gasteiger partial charge in [0.25, 0.3) is 0 Å². The predicted molar refractivity (Wildman–Crippen MR) is 145 cm³/mol. The molecule has 0 aromatic heterocycles. The second-order valence-electron chi connectivity index (χ2n) is 10.3. The fraction of sp³-hybridized carbons (Fsp3) is 1.00. The summed E-state index contributed by atoms with van der Waals surface area (Å²) in [5.74, 6) is 0.941. The molecule has 2 unspecified atom stereocenters. The zero-order valence-corrected chi connectivity index (χ0v) is 23.1. The topological polar surface area (TPSA) is 0 Å². The molecule has 0 heterocycles. The van der Waals surface area contributed by atoms with Crippen molar-refractivity contribution in [3.63, 3.8) is 0 Å². The molecule has 0 radical (unpaired) electrons. The molecule has 1 heteroatoms. The zero-order valence-electron chi connectivity index (χ0n) is 21.9. The molecule has 0 spiro atoms. The van der Waals surface area contributed by atoms with E-state index in [2.05, 4.69) is 36.9 Å². The quantitative estimate of drug-likeness (QED) is 0.103. The highest BCUT2D eigenvalue weighted by molar-refractivity contribution is 7.19. The predicted octanol–water partition coefficient (Wildman–Crippen LogP) is 11.3. The summed E-state index contributed by atoms with van der Waals surface area (Å²) in [4.78, 5) is 0. The summed E-state index contributed by atoms with van der Waals surface area (Å²) in [7, 11) is 3.44. The Kier molecular flexibility index (Phi) is 22.9. The monoisotopic (exact) mass is 440 g/mol. The Labute approximate surface area is 195 Å². The van der Waals surface area contributed by atoms with Crippen LogP contribution in [-0.4, -0.2) is 5.16 Å². The summed E-state index contributed by atoms with van der Waals surface area (Å²) in [6, 6.07) is 0. The third-order valence-corrected chi connectivity index (χ3v) is 8.42. The standard InChI is InChI=1S/C29H61P/c1-5-9-13-14-15-16-17-18-19-21-25-28(24-20-10-6-2)29(30,26-22-11-7-3)27-23-12-8-4/h28H,5-27,30H2,1-4H3. The van der Waals surface area contributed by atoms with Gasteiger partial charge in [0.2, 0.25) is 0 Å². The molecule has 182 valence electrons. The number of unbranched alkanes of at least 4 members (excludes halogenated alkanes) is 15. The SMILES string of the molecule is CCCCCCCCCCCCC(CCCCC)C(P)(CCCCC)CCCCC. The largest absolute Gasteiger partial charge is 0.131 e. The van der Waals surface area contributed by atoms with E-state index < -0.39 is 0 Å². The first-order valence-electron chi connectivity index (χ1n) is 14.4. The molecule has 0 N–H and O–H groups in total. The van der Waals surface area contributed by atoms with Gasteiger partial charge in [-0.25, -0.2) is 0 Å². The molecule has 0 saturated heterocycles. The van der Waals surface area contributed by atoms with Crippen LogP contribution in [0.4, 0.5) is 0 Å². The van der Waals surface area contributed by atoms with Gasteiger partial charge in [-0.3, -0.25) is 0 Å². The molecule has 0 aliphatic carbocycles. The van der Waals surface area contributed by atoms with Gasteiger partial charge >= 0.3 is 0 Å². The van der Waals surface area contributed by atoms with Crippen LogP contribution in [0.3, 0.4) is 0 Å². The lowest BCUT2D eigenvalue weighted by molar-refractivity contribution is 0.271. The summed E-state index contributed by atoms with van der Waals surface area (Å²) in [5.41, 5.74) is 0. The lowest BCUT2D eigenvalue weighted by atomic mass is 9.77. The smallest absolute Gasteiger partial charge is 0.0122 e. The van der Waals surface area contributed by atoms with E-state index in [1.54, 1.807) is 0 Å². The maximum absolute atomic E-state index is 3.44. The fourth-order valence-corrected chi connectivity index (χ4v) is 5.92. The summed E-state index contributed by atoms with van der Waals surface area (Å²) >= 11 is 0. The molecular formula is C29H61P. The summed E-state index contributed by atoms with van der Waals surface area (Å²) < 4.78 is 0. The number of hydrogen-bond acceptors (Lipinski definition) is 0. The summed E-state index contributed by atoms with van der Waals surface area (Å²) in [5, 5.41) is 0.525. The third kappa shape index (κ3) is 17.0. The molecule has 2 atom stereocenters. The highest BCUT2D eigenvalue weighted by atomic mass is 31.0. The van der Waals surface area contributed by atoms with Crippen molar-refractivity contribution in [3.05, 3.63) is 0 Å². The molecule has 0 rings (SSSR count). The molecule has 30 heavy (non-hydrogen) atoms. The zero-order chi connectivity index (χ0) is 22.3. The first-order chi connectivity index (χ1) is 14.6. The maximum Gasteiger partial charge on any atom is -0.0122 e. The molecule has 0 bridgehead atoms. The fourth-order valence-electron chi connectivity index (χ4n) is 5.18. The van der Waals surface area contributed by atoms with Crippen molar-refractivity contribution in [2.24, 2.45) is 5.92 Å². The van der Waals surface area contributed by atoms with Crippen LogP contribution in [0, 0.1) is 5.92 Å². The van der Waals surface area contributed by atoms with Gasteiger partial charge in [0, 0.05) is 0 Å². The second kappa shape index (κ2) is 22.6. The van der Waals surface area contributed by atoms with Gasteiger partial charge in [0.05, 0.1) is 0 Å². The Morgan fingerprint density at radius 2 is 0.733 bits per heavy atom. The van der Waals surface area contributed by atoms with Crippen LogP contribution in [-0.2, 0) is 0 Å². The van der Waals surface area contributed by atoms with Crippen LogP contribution in [0.25, 0.3) is 0 Å². The van der Waals surface area contributed by atoms with Gasteiger partial charge in [-0.15, -0.1) is 9.24 Å².